The lowest BCUT2D eigenvalue weighted by Crippen LogP contribution is -2.12. The van der Waals surface area contributed by atoms with Gasteiger partial charge in [0, 0.05) is 30.9 Å². The van der Waals surface area contributed by atoms with E-state index in [4.69, 9.17) is 4.74 Å². The predicted molar refractivity (Wildman–Crippen MR) is 70.8 cm³/mol. The molecule has 0 fully saturated rings. The van der Waals surface area contributed by atoms with Crippen LogP contribution in [-0.4, -0.2) is 24.9 Å². The van der Waals surface area contributed by atoms with Gasteiger partial charge >= 0.3 is 0 Å². The first-order chi connectivity index (χ1) is 8.63. The van der Waals surface area contributed by atoms with Crippen LogP contribution in [0.15, 0.2) is 24.3 Å². The molecule has 98 valence electrons. The van der Waals surface area contributed by atoms with Crippen molar-refractivity contribution in [2.75, 3.05) is 18.5 Å². The van der Waals surface area contributed by atoms with E-state index in [0.29, 0.717) is 37.3 Å². The van der Waals surface area contributed by atoms with Crippen molar-refractivity contribution in [3.63, 3.8) is 0 Å². The second-order valence-electron chi connectivity index (χ2n) is 3.99. The number of benzene rings is 1. The Morgan fingerprint density at radius 3 is 2.78 bits per heavy atom. The van der Waals surface area contributed by atoms with Gasteiger partial charge in [-0.3, -0.25) is 9.59 Å². The highest BCUT2D eigenvalue weighted by atomic mass is 16.5. The van der Waals surface area contributed by atoms with Crippen LogP contribution >= 0.6 is 0 Å². The monoisotopic (exact) mass is 249 g/mol. The van der Waals surface area contributed by atoms with E-state index in [9.17, 15) is 9.59 Å². The Bertz CT molecular complexity index is 415. The molecule has 0 spiro atoms. The largest absolute Gasteiger partial charge is 0.382 e. The van der Waals surface area contributed by atoms with Crippen LogP contribution in [0.1, 0.15) is 37.0 Å². The molecule has 4 heteroatoms. The van der Waals surface area contributed by atoms with Crippen molar-refractivity contribution < 1.29 is 14.3 Å². The van der Waals surface area contributed by atoms with Gasteiger partial charge in [0.25, 0.3) is 0 Å². The molecule has 0 heterocycles. The summed E-state index contributed by atoms with van der Waals surface area (Å²) in [6.07, 6.45) is 1.12. The van der Waals surface area contributed by atoms with E-state index in [2.05, 4.69) is 5.32 Å². The average molecular weight is 249 g/mol. The molecule has 1 aromatic rings. The Hall–Kier alpha value is -1.68. The Morgan fingerprint density at radius 2 is 2.11 bits per heavy atom. The van der Waals surface area contributed by atoms with E-state index in [0.717, 1.165) is 0 Å². The lowest BCUT2D eigenvalue weighted by Gasteiger charge is -2.06. The third-order valence-electron chi connectivity index (χ3n) is 2.45. The van der Waals surface area contributed by atoms with E-state index in [1.807, 2.05) is 6.92 Å². The molecule has 0 unspecified atom stereocenters. The normalized spacial score (nSPS) is 10.1. The van der Waals surface area contributed by atoms with Gasteiger partial charge in [-0.2, -0.15) is 0 Å². The molecule has 1 N–H and O–H groups in total. The third-order valence-corrected chi connectivity index (χ3v) is 2.45. The van der Waals surface area contributed by atoms with Gasteiger partial charge in [-0.05, 0) is 32.4 Å². The molecule has 1 amide bonds. The van der Waals surface area contributed by atoms with Gasteiger partial charge in [-0.1, -0.05) is 12.1 Å². The maximum Gasteiger partial charge on any atom is 0.224 e. The highest BCUT2D eigenvalue weighted by Crippen LogP contribution is 2.11. The Kier molecular flexibility index (Phi) is 6.08. The molecule has 18 heavy (non-hydrogen) atoms. The summed E-state index contributed by atoms with van der Waals surface area (Å²) in [7, 11) is 0. The number of ketones is 1. The number of hydrogen-bond acceptors (Lipinski definition) is 3. The standard InChI is InChI=1S/C14H19NO3/c1-3-18-9-5-8-14(17)15-13-7-4-6-12(10-13)11(2)16/h4,6-7,10H,3,5,8-9H2,1-2H3,(H,15,17). The number of amides is 1. The van der Waals surface area contributed by atoms with E-state index < -0.39 is 0 Å². The van der Waals surface area contributed by atoms with Crippen molar-refractivity contribution in [3.8, 4) is 0 Å². The Morgan fingerprint density at radius 1 is 1.33 bits per heavy atom. The molecule has 1 aromatic carbocycles. The fourth-order valence-corrected chi connectivity index (χ4v) is 1.52. The van der Waals surface area contributed by atoms with Crippen LogP contribution in [0.3, 0.4) is 0 Å². The zero-order chi connectivity index (χ0) is 13.4. The molecular weight excluding hydrogens is 230 g/mol. The second kappa shape index (κ2) is 7.61. The zero-order valence-electron chi connectivity index (χ0n) is 10.9. The second-order valence-corrected chi connectivity index (χ2v) is 3.99. The average Bonchev–Trinajstić information content (AvgIpc) is 2.35. The maximum absolute atomic E-state index is 11.6. The summed E-state index contributed by atoms with van der Waals surface area (Å²) in [6.45, 7) is 4.69. The number of rotatable bonds is 7. The molecule has 0 aliphatic rings. The molecule has 0 bridgehead atoms. The van der Waals surface area contributed by atoms with Gasteiger partial charge in [0.2, 0.25) is 5.91 Å². The number of hydrogen-bond donors (Lipinski definition) is 1. The smallest absolute Gasteiger partial charge is 0.224 e. The maximum atomic E-state index is 11.6. The molecular formula is C14H19NO3. The molecule has 0 aliphatic carbocycles. The molecule has 4 nitrogen and oxygen atoms in total. The first-order valence-corrected chi connectivity index (χ1v) is 6.12. The van der Waals surface area contributed by atoms with Gasteiger partial charge in [-0.25, -0.2) is 0 Å². The Labute approximate surface area is 107 Å². The minimum atomic E-state index is -0.0598. The minimum Gasteiger partial charge on any atom is -0.382 e. The van der Waals surface area contributed by atoms with Crippen molar-refractivity contribution in [1.29, 1.82) is 0 Å². The number of carbonyl (C=O) groups excluding carboxylic acids is 2. The summed E-state index contributed by atoms with van der Waals surface area (Å²) in [6, 6.07) is 6.94. The molecule has 0 aliphatic heterocycles. The fraction of sp³-hybridized carbons (Fsp3) is 0.429. The summed E-state index contributed by atoms with van der Waals surface area (Å²) in [4.78, 5) is 22.8. The van der Waals surface area contributed by atoms with Gasteiger partial charge in [0.1, 0.15) is 0 Å². The van der Waals surface area contributed by atoms with E-state index >= 15 is 0 Å². The topological polar surface area (TPSA) is 55.4 Å². The number of carbonyl (C=O) groups is 2. The number of ether oxygens (including phenoxy) is 1. The highest BCUT2D eigenvalue weighted by molar-refractivity contribution is 5.97. The van der Waals surface area contributed by atoms with Gasteiger partial charge < -0.3 is 10.1 Å². The van der Waals surface area contributed by atoms with E-state index in [1.54, 1.807) is 24.3 Å². The molecule has 0 atom stereocenters. The van der Waals surface area contributed by atoms with Crippen LogP contribution in [-0.2, 0) is 9.53 Å². The van der Waals surface area contributed by atoms with Gasteiger partial charge in [0.05, 0.1) is 0 Å². The molecule has 0 saturated heterocycles. The lowest BCUT2D eigenvalue weighted by molar-refractivity contribution is -0.116. The first kappa shape index (κ1) is 14.4. The van der Waals surface area contributed by atoms with E-state index in [-0.39, 0.29) is 11.7 Å². The summed E-state index contributed by atoms with van der Waals surface area (Å²) >= 11 is 0. The van der Waals surface area contributed by atoms with Crippen LogP contribution in [0.5, 0.6) is 0 Å². The van der Waals surface area contributed by atoms with Gasteiger partial charge in [0.15, 0.2) is 5.78 Å². The summed E-state index contributed by atoms with van der Waals surface area (Å²) in [5.41, 5.74) is 1.26. The summed E-state index contributed by atoms with van der Waals surface area (Å²) in [5, 5.41) is 2.77. The third kappa shape index (κ3) is 5.10. The number of Topliss-reactive ketones (excluding diaryl/α,β-unsaturated/α-hetero) is 1. The van der Waals surface area contributed by atoms with Crippen molar-refractivity contribution in [2.45, 2.75) is 26.7 Å². The van der Waals surface area contributed by atoms with Gasteiger partial charge in [-0.15, -0.1) is 0 Å². The first-order valence-electron chi connectivity index (χ1n) is 6.12. The van der Waals surface area contributed by atoms with Crippen molar-refractivity contribution in [2.24, 2.45) is 0 Å². The van der Waals surface area contributed by atoms with Crippen molar-refractivity contribution >= 4 is 17.4 Å². The highest BCUT2D eigenvalue weighted by Gasteiger charge is 2.04. The molecule has 0 radical (unpaired) electrons. The quantitative estimate of drug-likeness (QED) is 0.597. The van der Waals surface area contributed by atoms with Crippen molar-refractivity contribution in [1.82, 2.24) is 0 Å². The van der Waals surface area contributed by atoms with Crippen LogP contribution in [0.25, 0.3) is 0 Å². The minimum absolute atomic E-state index is 0.0116. The summed E-state index contributed by atoms with van der Waals surface area (Å²) < 4.78 is 5.16. The zero-order valence-corrected chi connectivity index (χ0v) is 10.9. The number of anilines is 1. The van der Waals surface area contributed by atoms with Crippen LogP contribution < -0.4 is 5.32 Å². The predicted octanol–water partition coefficient (Wildman–Crippen LogP) is 2.64. The fourth-order valence-electron chi connectivity index (χ4n) is 1.52. The number of nitrogens with one attached hydrogen (secondary N) is 1. The van der Waals surface area contributed by atoms with E-state index in [1.165, 1.54) is 6.92 Å². The summed E-state index contributed by atoms with van der Waals surface area (Å²) in [5.74, 6) is -0.0714. The SMILES string of the molecule is CCOCCCC(=O)Nc1cccc(C(C)=O)c1. The lowest BCUT2D eigenvalue weighted by atomic mass is 10.1. The van der Waals surface area contributed by atoms with Crippen LogP contribution in [0.4, 0.5) is 5.69 Å². The molecule has 1 rings (SSSR count). The molecule has 0 aromatic heterocycles. The molecule has 0 saturated carbocycles. The van der Waals surface area contributed by atoms with Crippen LogP contribution in [0, 0.1) is 0 Å². The van der Waals surface area contributed by atoms with Crippen LogP contribution in [0.2, 0.25) is 0 Å². The Balaban J connectivity index is 2.44. The van der Waals surface area contributed by atoms with Crippen molar-refractivity contribution in [3.05, 3.63) is 29.8 Å².